The van der Waals surface area contributed by atoms with Gasteiger partial charge < -0.3 is 15.2 Å². The van der Waals surface area contributed by atoms with Crippen molar-refractivity contribution in [1.29, 1.82) is 0 Å². The van der Waals surface area contributed by atoms with E-state index in [-0.39, 0.29) is 12.6 Å². The number of benzene rings is 1. The number of aliphatic hydroxyl groups excluding tert-OH is 1. The molecule has 0 aliphatic heterocycles. The molecule has 0 saturated carbocycles. The van der Waals surface area contributed by atoms with E-state index in [2.05, 4.69) is 26.3 Å². The van der Waals surface area contributed by atoms with E-state index in [1.807, 2.05) is 31.4 Å². The number of aliphatic hydroxyl groups is 1. The van der Waals surface area contributed by atoms with Gasteiger partial charge >= 0.3 is 0 Å². The molecule has 5 nitrogen and oxygen atoms in total. The molecule has 2 rings (SSSR count). The lowest BCUT2D eigenvalue weighted by molar-refractivity contribution is 0.243. The number of aromatic nitrogens is 2. The van der Waals surface area contributed by atoms with Crippen molar-refractivity contribution in [3.63, 3.8) is 0 Å². The summed E-state index contributed by atoms with van der Waals surface area (Å²) < 4.78 is 7.87. The molecule has 1 aromatic carbocycles. The fourth-order valence-corrected chi connectivity index (χ4v) is 2.44. The van der Waals surface area contributed by atoms with Crippen LogP contribution in [-0.4, -0.2) is 28.6 Å². The number of halogens is 1. The van der Waals surface area contributed by atoms with Gasteiger partial charge in [0.05, 0.1) is 26.0 Å². The molecule has 1 atom stereocenters. The Hall–Kier alpha value is -1.37. The van der Waals surface area contributed by atoms with Crippen LogP contribution in [0.25, 0.3) is 0 Å². The summed E-state index contributed by atoms with van der Waals surface area (Å²) in [5, 5.41) is 16.9. The number of aryl methyl sites for hydroxylation is 1. The first kappa shape index (κ1) is 15.0. The minimum Gasteiger partial charge on any atom is -0.497 e. The van der Waals surface area contributed by atoms with Crippen LogP contribution in [0.15, 0.2) is 35.1 Å². The highest BCUT2D eigenvalue weighted by Gasteiger charge is 2.12. The molecule has 0 unspecified atom stereocenters. The fraction of sp³-hybridized carbons (Fsp3) is 0.357. The van der Waals surface area contributed by atoms with Gasteiger partial charge in [0, 0.05) is 29.8 Å². The Bertz CT molecular complexity index is 571. The third-order valence-electron chi connectivity index (χ3n) is 3.11. The maximum absolute atomic E-state index is 9.49. The molecular weight excluding hydrogens is 322 g/mol. The van der Waals surface area contributed by atoms with Gasteiger partial charge in [0.15, 0.2) is 0 Å². The van der Waals surface area contributed by atoms with Crippen LogP contribution < -0.4 is 10.1 Å². The van der Waals surface area contributed by atoms with Crippen LogP contribution in [0.1, 0.15) is 17.2 Å². The normalized spacial score (nSPS) is 12.4. The number of methoxy groups -OCH3 is 1. The first-order valence-corrected chi connectivity index (χ1v) is 7.08. The lowest BCUT2D eigenvalue weighted by atomic mass is 10.1. The summed E-state index contributed by atoms with van der Waals surface area (Å²) in [5.74, 6) is 0.812. The van der Waals surface area contributed by atoms with Crippen LogP contribution in [0, 0.1) is 0 Å². The molecule has 20 heavy (non-hydrogen) atoms. The molecule has 0 saturated heterocycles. The lowest BCUT2D eigenvalue weighted by Gasteiger charge is -2.15. The van der Waals surface area contributed by atoms with Crippen LogP contribution in [0.4, 0.5) is 0 Å². The van der Waals surface area contributed by atoms with Gasteiger partial charge in [0.25, 0.3) is 0 Å². The Morgan fingerprint density at radius 1 is 1.50 bits per heavy atom. The van der Waals surface area contributed by atoms with E-state index in [0.29, 0.717) is 6.54 Å². The fourth-order valence-electron chi connectivity index (χ4n) is 1.94. The van der Waals surface area contributed by atoms with E-state index in [1.165, 1.54) is 0 Å². The molecule has 0 fully saturated rings. The van der Waals surface area contributed by atoms with Crippen LogP contribution in [0.5, 0.6) is 5.75 Å². The van der Waals surface area contributed by atoms with E-state index in [0.717, 1.165) is 21.3 Å². The number of nitrogens with zero attached hydrogens (tertiary/aromatic N) is 2. The van der Waals surface area contributed by atoms with Gasteiger partial charge in [0.2, 0.25) is 0 Å². The highest BCUT2D eigenvalue weighted by molar-refractivity contribution is 9.10. The van der Waals surface area contributed by atoms with E-state index in [1.54, 1.807) is 18.0 Å². The molecule has 0 aliphatic rings. The molecular formula is C14H18BrN3O2. The first-order chi connectivity index (χ1) is 9.63. The summed E-state index contributed by atoms with van der Waals surface area (Å²) in [7, 11) is 3.50. The van der Waals surface area contributed by atoms with E-state index >= 15 is 0 Å². The zero-order valence-electron chi connectivity index (χ0n) is 11.5. The summed E-state index contributed by atoms with van der Waals surface area (Å²) >= 11 is 3.52. The van der Waals surface area contributed by atoms with E-state index < -0.39 is 0 Å². The topological polar surface area (TPSA) is 59.3 Å². The molecule has 6 heteroatoms. The third kappa shape index (κ3) is 3.59. The summed E-state index contributed by atoms with van der Waals surface area (Å²) in [5.41, 5.74) is 2.08. The summed E-state index contributed by atoms with van der Waals surface area (Å²) in [6.07, 6.45) is 3.66. The number of rotatable bonds is 6. The van der Waals surface area contributed by atoms with Gasteiger partial charge in [-0.25, -0.2) is 0 Å². The molecule has 1 heterocycles. The van der Waals surface area contributed by atoms with E-state index in [9.17, 15) is 5.11 Å². The van der Waals surface area contributed by atoms with Crippen molar-refractivity contribution < 1.29 is 9.84 Å². The highest BCUT2D eigenvalue weighted by atomic mass is 79.9. The molecule has 1 aromatic heterocycles. The van der Waals surface area contributed by atoms with Crippen molar-refractivity contribution in [2.45, 2.75) is 12.6 Å². The summed E-state index contributed by atoms with van der Waals surface area (Å²) in [6, 6.07) is 5.71. The average Bonchev–Trinajstić information content (AvgIpc) is 2.87. The number of hydrogen-bond donors (Lipinski definition) is 2. The second-order valence-corrected chi connectivity index (χ2v) is 5.38. The Balaban J connectivity index is 2.03. The smallest absolute Gasteiger partial charge is 0.120 e. The molecule has 0 amide bonds. The second kappa shape index (κ2) is 6.88. The van der Waals surface area contributed by atoms with Gasteiger partial charge in [-0.1, -0.05) is 22.0 Å². The van der Waals surface area contributed by atoms with Crippen molar-refractivity contribution >= 4 is 15.9 Å². The highest BCUT2D eigenvalue weighted by Crippen LogP contribution is 2.23. The Morgan fingerprint density at radius 2 is 2.30 bits per heavy atom. The summed E-state index contributed by atoms with van der Waals surface area (Å²) in [6.45, 7) is 0.671. The predicted molar refractivity (Wildman–Crippen MR) is 80.6 cm³/mol. The van der Waals surface area contributed by atoms with Gasteiger partial charge in [-0.05, 0) is 17.7 Å². The standard InChI is InChI=1S/C14H18BrN3O2/c1-18-8-11(7-17-18)14(9-19)16-6-10-3-4-12(20-2)5-13(10)15/h3-5,7-8,14,16,19H,6,9H2,1-2H3/t14-/m0/s1. The number of nitrogens with one attached hydrogen (secondary N) is 1. The zero-order chi connectivity index (χ0) is 14.5. The van der Waals surface area contributed by atoms with Crippen LogP contribution in [-0.2, 0) is 13.6 Å². The molecule has 2 N–H and O–H groups in total. The first-order valence-electron chi connectivity index (χ1n) is 6.29. The molecule has 0 spiro atoms. The van der Waals surface area contributed by atoms with E-state index in [4.69, 9.17) is 4.74 Å². The third-order valence-corrected chi connectivity index (χ3v) is 3.85. The summed E-state index contributed by atoms with van der Waals surface area (Å²) in [4.78, 5) is 0. The van der Waals surface area contributed by atoms with Crippen LogP contribution in [0.2, 0.25) is 0 Å². The molecule has 0 bridgehead atoms. The SMILES string of the molecule is COc1ccc(CN[C@@H](CO)c2cnn(C)c2)c(Br)c1. The van der Waals surface area contributed by atoms with Gasteiger partial charge in [-0.2, -0.15) is 5.10 Å². The Labute approximate surface area is 126 Å². The number of ether oxygens (including phenoxy) is 1. The van der Waals surface area contributed by atoms with Gasteiger partial charge in [-0.3, -0.25) is 4.68 Å². The Kier molecular flexibility index (Phi) is 5.17. The molecule has 0 aliphatic carbocycles. The predicted octanol–water partition coefficient (Wildman–Crippen LogP) is 2.01. The zero-order valence-corrected chi connectivity index (χ0v) is 13.1. The maximum Gasteiger partial charge on any atom is 0.120 e. The van der Waals surface area contributed by atoms with Gasteiger partial charge in [0.1, 0.15) is 5.75 Å². The molecule has 108 valence electrons. The van der Waals surface area contributed by atoms with Crippen LogP contribution in [0.3, 0.4) is 0 Å². The van der Waals surface area contributed by atoms with Crippen molar-refractivity contribution in [3.05, 3.63) is 46.2 Å². The van der Waals surface area contributed by atoms with Gasteiger partial charge in [-0.15, -0.1) is 0 Å². The second-order valence-electron chi connectivity index (χ2n) is 4.52. The minimum atomic E-state index is -0.127. The van der Waals surface area contributed by atoms with Crippen molar-refractivity contribution in [2.24, 2.45) is 7.05 Å². The lowest BCUT2D eigenvalue weighted by Crippen LogP contribution is -2.23. The van der Waals surface area contributed by atoms with Crippen LogP contribution >= 0.6 is 15.9 Å². The monoisotopic (exact) mass is 339 g/mol. The minimum absolute atomic E-state index is 0.0272. The quantitative estimate of drug-likeness (QED) is 0.845. The van der Waals surface area contributed by atoms with Crippen molar-refractivity contribution in [3.8, 4) is 5.75 Å². The number of hydrogen-bond acceptors (Lipinski definition) is 4. The van der Waals surface area contributed by atoms with Crippen molar-refractivity contribution in [2.75, 3.05) is 13.7 Å². The average molecular weight is 340 g/mol. The molecule has 2 aromatic rings. The Morgan fingerprint density at radius 3 is 2.85 bits per heavy atom. The van der Waals surface area contributed by atoms with Crippen molar-refractivity contribution in [1.82, 2.24) is 15.1 Å². The molecule has 0 radical (unpaired) electrons. The largest absolute Gasteiger partial charge is 0.497 e. The maximum atomic E-state index is 9.49.